The van der Waals surface area contributed by atoms with E-state index in [-0.39, 0.29) is 23.8 Å². The van der Waals surface area contributed by atoms with Crippen LogP contribution in [0.1, 0.15) is 55.8 Å². The van der Waals surface area contributed by atoms with Gasteiger partial charge in [0.15, 0.2) is 0 Å². The van der Waals surface area contributed by atoms with Crippen LogP contribution in [0.5, 0.6) is 0 Å². The predicted molar refractivity (Wildman–Crippen MR) is 110 cm³/mol. The maximum Gasteiger partial charge on any atom is 0.253 e. The standard InChI is InChI=1S/C22H31N3O3/c1-15-8-10-25(11-9-15)20-7-6-17(24-21(26)16-4-5-16)13-19(20)22(27)23-14-18-3-2-12-28-18/h6-7,13,15-16,18H,2-5,8-12,14H2,1H3,(H,23,27)(H,24,26). The van der Waals surface area contributed by atoms with E-state index in [0.717, 1.165) is 69.8 Å². The average molecular weight is 386 g/mol. The quantitative estimate of drug-likeness (QED) is 0.789. The lowest BCUT2D eigenvalue weighted by molar-refractivity contribution is -0.117. The van der Waals surface area contributed by atoms with Crippen molar-refractivity contribution in [2.75, 3.05) is 36.5 Å². The largest absolute Gasteiger partial charge is 0.376 e. The summed E-state index contributed by atoms with van der Waals surface area (Å²) in [5, 5.41) is 6.01. The smallest absolute Gasteiger partial charge is 0.253 e. The topological polar surface area (TPSA) is 70.7 Å². The number of hydrogen-bond donors (Lipinski definition) is 2. The summed E-state index contributed by atoms with van der Waals surface area (Å²) < 4.78 is 5.63. The molecule has 0 radical (unpaired) electrons. The van der Waals surface area contributed by atoms with Crippen LogP contribution in [0.15, 0.2) is 18.2 Å². The predicted octanol–water partition coefficient (Wildman–Crippen LogP) is 3.18. The highest BCUT2D eigenvalue weighted by Gasteiger charge is 2.30. The minimum atomic E-state index is -0.0911. The first-order chi connectivity index (χ1) is 13.6. The lowest BCUT2D eigenvalue weighted by Crippen LogP contribution is -2.36. The highest BCUT2D eigenvalue weighted by atomic mass is 16.5. The van der Waals surface area contributed by atoms with Crippen LogP contribution in [0.3, 0.4) is 0 Å². The van der Waals surface area contributed by atoms with E-state index in [2.05, 4.69) is 22.5 Å². The summed E-state index contributed by atoms with van der Waals surface area (Å²) >= 11 is 0. The van der Waals surface area contributed by atoms with Crippen molar-refractivity contribution < 1.29 is 14.3 Å². The number of anilines is 2. The van der Waals surface area contributed by atoms with Gasteiger partial charge >= 0.3 is 0 Å². The van der Waals surface area contributed by atoms with Crippen molar-refractivity contribution in [3.05, 3.63) is 23.8 Å². The molecular formula is C22H31N3O3. The van der Waals surface area contributed by atoms with Crippen LogP contribution in [0.2, 0.25) is 0 Å². The molecule has 1 atom stereocenters. The lowest BCUT2D eigenvalue weighted by atomic mass is 9.97. The minimum absolute atomic E-state index is 0.0604. The summed E-state index contributed by atoms with van der Waals surface area (Å²) in [6, 6.07) is 5.74. The number of ether oxygens (including phenoxy) is 1. The van der Waals surface area contributed by atoms with Gasteiger partial charge in [0.1, 0.15) is 0 Å². The van der Waals surface area contributed by atoms with E-state index in [1.807, 2.05) is 18.2 Å². The van der Waals surface area contributed by atoms with Crippen molar-refractivity contribution in [1.29, 1.82) is 0 Å². The van der Waals surface area contributed by atoms with Crippen LogP contribution >= 0.6 is 0 Å². The molecule has 0 bridgehead atoms. The molecule has 3 fully saturated rings. The van der Waals surface area contributed by atoms with Crippen molar-refractivity contribution in [2.45, 2.75) is 51.6 Å². The van der Waals surface area contributed by atoms with Gasteiger partial charge in [0, 0.05) is 43.5 Å². The Morgan fingerprint density at radius 3 is 2.61 bits per heavy atom. The molecule has 1 aromatic rings. The Kier molecular flexibility index (Phi) is 5.85. The zero-order chi connectivity index (χ0) is 19.5. The molecule has 2 saturated heterocycles. The van der Waals surface area contributed by atoms with E-state index >= 15 is 0 Å². The lowest BCUT2D eigenvalue weighted by Gasteiger charge is -2.33. The van der Waals surface area contributed by atoms with Crippen molar-refractivity contribution in [3.8, 4) is 0 Å². The summed E-state index contributed by atoms with van der Waals surface area (Å²) in [4.78, 5) is 27.4. The van der Waals surface area contributed by atoms with E-state index in [9.17, 15) is 9.59 Å². The minimum Gasteiger partial charge on any atom is -0.376 e. The van der Waals surface area contributed by atoms with Crippen LogP contribution in [0, 0.1) is 11.8 Å². The highest BCUT2D eigenvalue weighted by Crippen LogP contribution is 2.32. The van der Waals surface area contributed by atoms with Gasteiger partial charge in [0.2, 0.25) is 5.91 Å². The van der Waals surface area contributed by atoms with Crippen LogP contribution in [-0.4, -0.2) is 44.2 Å². The summed E-state index contributed by atoms with van der Waals surface area (Å²) in [5.74, 6) is 0.835. The first kappa shape index (κ1) is 19.2. The molecule has 2 N–H and O–H groups in total. The summed E-state index contributed by atoms with van der Waals surface area (Å²) in [7, 11) is 0. The molecule has 152 valence electrons. The van der Waals surface area contributed by atoms with Gasteiger partial charge in [0.25, 0.3) is 5.91 Å². The fourth-order valence-corrected chi connectivity index (χ4v) is 4.02. The Bertz CT molecular complexity index is 718. The van der Waals surface area contributed by atoms with Crippen LogP contribution in [0.25, 0.3) is 0 Å². The van der Waals surface area contributed by atoms with E-state index < -0.39 is 0 Å². The van der Waals surface area contributed by atoms with Gasteiger partial charge in [-0.2, -0.15) is 0 Å². The second-order valence-electron chi connectivity index (χ2n) is 8.51. The fourth-order valence-electron chi connectivity index (χ4n) is 4.02. The van der Waals surface area contributed by atoms with E-state index in [1.165, 1.54) is 0 Å². The van der Waals surface area contributed by atoms with Crippen molar-refractivity contribution in [3.63, 3.8) is 0 Å². The maximum atomic E-state index is 13.0. The second-order valence-corrected chi connectivity index (χ2v) is 8.51. The number of rotatable bonds is 6. The number of amides is 2. The SMILES string of the molecule is CC1CCN(c2ccc(NC(=O)C3CC3)cc2C(=O)NCC2CCCO2)CC1. The molecule has 3 aliphatic rings. The average Bonchev–Trinajstić information content (AvgIpc) is 3.43. The number of carbonyl (C=O) groups excluding carboxylic acids is 2. The third-order valence-electron chi connectivity index (χ3n) is 6.10. The van der Waals surface area contributed by atoms with E-state index in [0.29, 0.717) is 17.8 Å². The molecule has 6 heteroatoms. The Hall–Kier alpha value is -2.08. The molecule has 1 aliphatic carbocycles. The van der Waals surface area contributed by atoms with Gasteiger partial charge < -0.3 is 20.3 Å². The van der Waals surface area contributed by atoms with Crippen molar-refractivity contribution >= 4 is 23.2 Å². The molecule has 28 heavy (non-hydrogen) atoms. The van der Waals surface area contributed by atoms with E-state index in [4.69, 9.17) is 4.74 Å². The Labute approximate surface area is 167 Å². The highest BCUT2D eigenvalue weighted by molar-refractivity contribution is 6.02. The number of carbonyl (C=O) groups is 2. The van der Waals surface area contributed by atoms with Gasteiger partial charge in [-0.25, -0.2) is 0 Å². The zero-order valence-corrected chi connectivity index (χ0v) is 16.7. The first-order valence-corrected chi connectivity index (χ1v) is 10.7. The number of benzene rings is 1. The van der Waals surface area contributed by atoms with Gasteiger partial charge in [-0.3, -0.25) is 9.59 Å². The maximum absolute atomic E-state index is 13.0. The van der Waals surface area contributed by atoms with Gasteiger partial charge in [-0.15, -0.1) is 0 Å². The summed E-state index contributed by atoms with van der Waals surface area (Å²) in [6.45, 7) is 5.51. The third kappa shape index (κ3) is 4.66. The normalized spacial score (nSPS) is 22.9. The van der Waals surface area contributed by atoms with Crippen molar-refractivity contribution in [2.24, 2.45) is 11.8 Å². The Morgan fingerprint density at radius 1 is 1.14 bits per heavy atom. The number of nitrogens with zero attached hydrogens (tertiary/aromatic N) is 1. The summed E-state index contributed by atoms with van der Waals surface area (Å²) in [5.41, 5.74) is 2.30. The van der Waals surface area contributed by atoms with Crippen LogP contribution in [0.4, 0.5) is 11.4 Å². The third-order valence-corrected chi connectivity index (χ3v) is 6.10. The molecule has 0 aromatic heterocycles. The Balaban J connectivity index is 1.51. The fraction of sp³-hybridized carbons (Fsp3) is 0.636. The molecule has 4 rings (SSSR count). The molecule has 2 amide bonds. The molecule has 1 aromatic carbocycles. The van der Waals surface area contributed by atoms with E-state index in [1.54, 1.807) is 0 Å². The van der Waals surface area contributed by atoms with Gasteiger partial charge in [-0.1, -0.05) is 6.92 Å². The summed E-state index contributed by atoms with van der Waals surface area (Å²) in [6.07, 6.45) is 6.36. The Morgan fingerprint density at radius 2 is 1.93 bits per heavy atom. The first-order valence-electron chi connectivity index (χ1n) is 10.7. The monoisotopic (exact) mass is 385 g/mol. The molecule has 2 heterocycles. The zero-order valence-electron chi connectivity index (χ0n) is 16.7. The molecule has 1 unspecified atom stereocenters. The number of nitrogens with one attached hydrogen (secondary N) is 2. The van der Waals surface area contributed by atoms with Gasteiger partial charge in [0.05, 0.1) is 11.7 Å². The van der Waals surface area contributed by atoms with Gasteiger partial charge in [-0.05, 0) is 62.6 Å². The number of hydrogen-bond acceptors (Lipinski definition) is 4. The molecule has 6 nitrogen and oxygen atoms in total. The van der Waals surface area contributed by atoms with Crippen LogP contribution in [-0.2, 0) is 9.53 Å². The molecular weight excluding hydrogens is 354 g/mol. The second kappa shape index (κ2) is 8.52. The van der Waals surface area contributed by atoms with Crippen LogP contribution < -0.4 is 15.5 Å². The molecule has 2 aliphatic heterocycles. The molecule has 1 saturated carbocycles. The number of piperidine rings is 1. The van der Waals surface area contributed by atoms with Crippen molar-refractivity contribution in [1.82, 2.24) is 5.32 Å². The molecule has 0 spiro atoms.